The zero-order chi connectivity index (χ0) is 20.8. The Hall–Kier alpha value is -3.00. The molecule has 2 aromatic carbocycles. The fourth-order valence-electron chi connectivity index (χ4n) is 2.82. The maximum Gasteiger partial charge on any atom is 0.286 e. The van der Waals surface area contributed by atoms with Crippen LogP contribution in [-0.4, -0.2) is 49.2 Å². The topological polar surface area (TPSA) is 79.0 Å². The summed E-state index contributed by atoms with van der Waals surface area (Å²) in [5.74, 6) is 0.345. The van der Waals surface area contributed by atoms with Gasteiger partial charge in [-0.25, -0.2) is 0 Å². The molecule has 1 aliphatic rings. The van der Waals surface area contributed by atoms with Crippen molar-refractivity contribution in [3.8, 4) is 5.75 Å². The maximum absolute atomic E-state index is 12.3. The van der Waals surface area contributed by atoms with Crippen LogP contribution in [0.2, 0.25) is 0 Å². The number of hydrogen-bond donors (Lipinski definition) is 1. The number of carbonyl (C=O) groups excluding carboxylic acids is 3. The molecule has 0 atom stereocenters. The average Bonchev–Trinajstić information content (AvgIpc) is 3.14. The molecule has 1 heterocycles. The van der Waals surface area contributed by atoms with E-state index in [2.05, 4.69) is 5.32 Å². The number of benzene rings is 2. The molecule has 0 spiro atoms. The largest absolute Gasteiger partial charge is 0.484 e. The number of hydrogen-bond acceptors (Lipinski definition) is 5. The number of nitrogens with one attached hydrogen (secondary N) is 1. The summed E-state index contributed by atoms with van der Waals surface area (Å²) < 4.78 is 5.55. The zero-order valence-electron chi connectivity index (χ0n) is 16.4. The van der Waals surface area contributed by atoms with Crippen LogP contribution in [0.25, 0.3) is 0 Å². The molecule has 7 nitrogen and oxygen atoms in total. The Morgan fingerprint density at radius 2 is 1.86 bits per heavy atom. The predicted molar refractivity (Wildman–Crippen MR) is 114 cm³/mol. The first-order chi connectivity index (χ1) is 13.9. The van der Waals surface area contributed by atoms with Gasteiger partial charge < -0.3 is 19.9 Å². The van der Waals surface area contributed by atoms with E-state index in [9.17, 15) is 14.4 Å². The molecule has 2 aromatic rings. The van der Waals surface area contributed by atoms with Crippen LogP contribution in [-0.2, 0) is 9.59 Å². The fourth-order valence-corrected chi connectivity index (χ4v) is 3.57. The minimum Gasteiger partial charge on any atom is -0.484 e. The van der Waals surface area contributed by atoms with Crippen LogP contribution in [0.5, 0.6) is 5.75 Å². The number of nitrogens with zero attached hydrogens (tertiary/aromatic N) is 2. The van der Waals surface area contributed by atoms with Crippen LogP contribution >= 0.6 is 11.8 Å². The molecule has 1 aliphatic heterocycles. The van der Waals surface area contributed by atoms with E-state index in [0.717, 1.165) is 30.4 Å². The summed E-state index contributed by atoms with van der Waals surface area (Å²) in [7, 11) is 3.35. The lowest BCUT2D eigenvalue weighted by Gasteiger charge is -2.16. The van der Waals surface area contributed by atoms with Gasteiger partial charge in [-0.1, -0.05) is 12.1 Å². The van der Waals surface area contributed by atoms with E-state index in [1.54, 1.807) is 49.3 Å². The summed E-state index contributed by atoms with van der Waals surface area (Å²) in [4.78, 5) is 39.9. The number of thioether (sulfide) groups is 1. The summed E-state index contributed by atoms with van der Waals surface area (Å²) in [5.41, 5.74) is 1.39. The van der Waals surface area contributed by atoms with Gasteiger partial charge in [-0.3, -0.25) is 14.4 Å². The molecule has 0 aliphatic carbocycles. The van der Waals surface area contributed by atoms with Crippen molar-refractivity contribution >= 4 is 40.2 Å². The molecule has 3 rings (SSSR count). The van der Waals surface area contributed by atoms with Crippen molar-refractivity contribution in [3.05, 3.63) is 48.5 Å². The highest BCUT2D eigenvalue weighted by molar-refractivity contribution is 8.13. The van der Waals surface area contributed by atoms with Gasteiger partial charge in [0.2, 0.25) is 5.91 Å². The van der Waals surface area contributed by atoms with Gasteiger partial charge in [-0.05, 0) is 54.6 Å². The first kappa shape index (κ1) is 20.7. The van der Waals surface area contributed by atoms with Gasteiger partial charge >= 0.3 is 0 Å². The summed E-state index contributed by atoms with van der Waals surface area (Å²) in [6.45, 7) is 0.567. The summed E-state index contributed by atoms with van der Waals surface area (Å²) in [6, 6.07) is 14.2. The van der Waals surface area contributed by atoms with Gasteiger partial charge in [-0.2, -0.15) is 0 Å². The highest BCUT2D eigenvalue weighted by atomic mass is 32.2. The fraction of sp³-hybridized carbons (Fsp3) is 0.286. The van der Waals surface area contributed by atoms with Crippen LogP contribution in [0, 0.1) is 0 Å². The lowest BCUT2D eigenvalue weighted by atomic mass is 10.3. The van der Waals surface area contributed by atoms with Gasteiger partial charge in [0, 0.05) is 37.6 Å². The number of anilines is 2. The molecule has 3 amide bonds. The average molecular weight is 413 g/mol. The van der Waals surface area contributed by atoms with E-state index in [1.165, 1.54) is 4.90 Å². The Kier molecular flexibility index (Phi) is 6.77. The summed E-state index contributed by atoms with van der Waals surface area (Å²) in [6.07, 6.45) is 1.45. The van der Waals surface area contributed by atoms with Crippen molar-refractivity contribution < 1.29 is 19.1 Å². The quantitative estimate of drug-likeness (QED) is 0.732. The lowest BCUT2D eigenvalue weighted by molar-refractivity contribution is -0.118. The summed E-state index contributed by atoms with van der Waals surface area (Å²) in [5, 5.41) is 2.65. The van der Waals surface area contributed by atoms with E-state index < -0.39 is 0 Å². The number of para-hydroxylation sites is 1. The Balaban J connectivity index is 1.55. The van der Waals surface area contributed by atoms with Crippen molar-refractivity contribution in [2.75, 3.05) is 37.5 Å². The first-order valence-electron chi connectivity index (χ1n) is 9.25. The van der Waals surface area contributed by atoms with Crippen LogP contribution < -0.4 is 15.0 Å². The monoisotopic (exact) mass is 413 g/mol. The second-order valence-electron chi connectivity index (χ2n) is 6.74. The van der Waals surface area contributed by atoms with Crippen LogP contribution in [0.1, 0.15) is 12.8 Å². The van der Waals surface area contributed by atoms with Gasteiger partial charge in [0.1, 0.15) is 5.75 Å². The van der Waals surface area contributed by atoms with Gasteiger partial charge in [-0.15, -0.1) is 0 Å². The maximum atomic E-state index is 12.3. The molecule has 0 unspecified atom stereocenters. The van der Waals surface area contributed by atoms with Gasteiger partial charge in [0.15, 0.2) is 6.61 Å². The Bertz CT molecular complexity index is 899. The standard InChI is InChI=1S/C21H23N3O4S/c1-23(2)21(27)29-18-7-4-3-6-17(18)22-19(25)14-28-16-11-9-15(10-12-16)24-13-5-8-20(24)26/h3-4,6-7,9-12H,5,8,13-14H2,1-2H3,(H,22,25). The van der Waals surface area contributed by atoms with Crippen LogP contribution in [0.3, 0.4) is 0 Å². The molecule has 8 heteroatoms. The SMILES string of the molecule is CN(C)C(=O)Sc1ccccc1NC(=O)COc1ccc(N2CCCC2=O)cc1. The molecule has 1 N–H and O–H groups in total. The van der Waals surface area contributed by atoms with Crippen LogP contribution in [0.15, 0.2) is 53.4 Å². The van der Waals surface area contributed by atoms with Crippen molar-refractivity contribution in [3.63, 3.8) is 0 Å². The number of ether oxygens (including phenoxy) is 1. The predicted octanol–water partition coefficient (Wildman–Crippen LogP) is 3.60. The highest BCUT2D eigenvalue weighted by Gasteiger charge is 2.21. The zero-order valence-corrected chi connectivity index (χ0v) is 17.2. The molecule has 0 bridgehead atoms. The van der Waals surface area contributed by atoms with Crippen molar-refractivity contribution in [2.45, 2.75) is 17.7 Å². The number of rotatable bonds is 6. The molecule has 0 radical (unpaired) electrons. The Morgan fingerprint density at radius 3 is 2.52 bits per heavy atom. The molecule has 1 fully saturated rings. The number of carbonyl (C=O) groups is 3. The highest BCUT2D eigenvalue weighted by Crippen LogP contribution is 2.28. The van der Waals surface area contributed by atoms with Gasteiger partial charge in [0.05, 0.1) is 5.69 Å². The molecular weight excluding hydrogens is 390 g/mol. The van der Waals surface area contributed by atoms with Crippen molar-refractivity contribution in [1.82, 2.24) is 4.90 Å². The normalized spacial score (nSPS) is 13.3. The molecule has 152 valence electrons. The second-order valence-corrected chi connectivity index (χ2v) is 7.73. The van der Waals surface area contributed by atoms with E-state index in [1.807, 2.05) is 18.2 Å². The van der Waals surface area contributed by atoms with E-state index >= 15 is 0 Å². The third-order valence-corrected chi connectivity index (χ3v) is 5.43. The van der Waals surface area contributed by atoms with Gasteiger partial charge in [0.25, 0.3) is 11.1 Å². The molecular formula is C21H23N3O4S. The minimum atomic E-state index is -0.325. The van der Waals surface area contributed by atoms with Crippen molar-refractivity contribution in [2.24, 2.45) is 0 Å². The Labute approximate surface area is 174 Å². The smallest absolute Gasteiger partial charge is 0.286 e. The van der Waals surface area contributed by atoms with E-state index in [-0.39, 0.29) is 23.7 Å². The van der Waals surface area contributed by atoms with Crippen LogP contribution in [0.4, 0.5) is 16.2 Å². The second kappa shape index (κ2) is 9.47. The molecule has 0 aromatic heterocycles. The minimum absolute atomic E-state index is 0.125. The summed E-state index contributed by atoms with van der Waals surface area (Å²) >= 11 is 1.05. The Morgan fingerprint density at radius 1 is 1.14 bits per heavy atom. The number of amides is 3. The van der Waals surface area contributed by atoms with Crippen molar-refractivity contribution in [1.29, 1.82) is 0 Å². The first-order valence-corrected chi connectivity index (χ1v) is 10.1. The lowest BCUT2D eigenvalue weighted by Crippen LogP contribution is -2.23. The van der Waals surface area contributed by atoms with E-state index in [0.29, 0.717) is 22.8 Å². The molecule has 1 saturated heterocycles. The van der Waals surface area contributed by atoms with E-state index in [4.69, 9.17) is 4.74 Å². The third kappa shape index (κ3) is 5.51. The third-order valence-electron chi connectivity index (χ3n) is 4.32. The molecule has 0 saturated carbocycles. The molecule has 29 heavy (non-hydrogen) atoms.